The van der Waals surface area contributed by atoms with Crippen molar-refractivity contribution in [2.75, 3.05) is 44.6 Å². The Labute approximate surface area is 182 Å². The Morgan fingerprint density at radius 3 is 2.65 bits per heavy atom. The monoisotopic (exact) mass is 444 g/mol. The van der Waals surface area contributed by atoms with Gasteiger partial charge >= 0.3 is 0 Å². The first-order valence-corrected chi connectivity index (χ1v) is 10.6. The molecule has 0 radical (unpaired) electrons. The first-order chi connectivity index (χ1) is 15.1. The van der Waals surface area contributed by atoms with Crippen molar-refractivity contribution < 1.29 is 23.1 Å². The largest absolute Gasteiger partial charge is 0.484 e. The summed E-state index contributed by atoms with van der Waals surface area (Å²) in [6.45, 7) is 2.33. The van der Waals surface area contributed by atoms with Gasteiger partial charge in [0.1, 0.15) is 17.3 Å². The third kappa shape index (κ3) is 5.68. The van der Waals surface area contributed by atoms with Gasteiger partial charge in [0.2, 0.25) is 5.91 Å². The van der Waals surface area contributed by atoms with Gasteiger partial charge in [0, 0.05) is 31.6 Å². The predicted octanol–water partition coefficient (Wildman–Crippen LogP) is 2.70. The van der Waals surface area contributed by atoms with E-state index in [9.17, 15) is 14.0 Å². The molecule has 3 heterocycles. The van der Waals surface area contributed by atoms with Crippen LogP contribution in [0.4, 0.5) is 9.52 Å². The van der Waals surface area contributed by atoms with Gasteiger partial charge in [-0.15, -0.1) is 11.3 Å². The van der Waals surface area contributed by atoms with Crippen LogP contribution in [0.15, 0.2) is 52.5 Å². The van der Waals surface area contributed by atoms with Gasteiger partial charge in [0.15, 0.2) is 17.5 Å². The minimum Gasteiger partial charge on any atom is -0.484 e. The van der Waals surface area contributed by atoms with E-state index in [1.807, 2.05) is 16.3 Å². The number of ether oxygens (including phenoxy) is 1. The number of carbonyl (C=O) groups excluding carboxylic acids is 2. The number of piperazine rings is 1. The summed E-state index contributed by atoms with van der Waals surface area (Å²) in [5.74, 6) is 0.455. The molecule has 1 aliphatic heterocycles. The third-order valence-corrected chi connectivity index (χ3v) is 5.55. The maximum absolute atomic E-state index is 12.9. The van der Waals surface area contributed by atoms with Gasteiger partial charge in [-0.05, 0) is 36.4 Å². The second-order valence-electron chi connectivity index (χ2n) is 6.96. The number of hydrogen-bond donors (Lipinski definition) is 1. The van der Waals surface area contributed by atoms with Crippen molar-refractivity contribution >= 4 is 28.3 Å². The molecule has 10 heteroatoms. The van der Waals surface area contributed by atoms with Crippen LogP contribution in [-0.4, -0.2) is 65.9 Å². The lowest BCUT2D eigenvalue weighted by molar-refractivity contribution is -0.135. The lowest BCUT2D eigenvalue weighted by Crippen LogP contribution is -2.51. The molecular weight excluding hydrogens is 423 g/mol. The molecule has 0 bridgehead atoms. The zero-order chi connectivity index (χ0) is 21.6. The zero-order valence-electron chi connectivity index (χ0n) is 16.6. The van der Waals surface area contributed by atoms with Crippen LogP contribution in [0.5, 0.6) is 5.75 Å². The van der Waals surface area contributed by atoms with Crippen molar-refractivity contribution in [3.05, 3.63) is 53.9 Å². The molecule has 0 spiro atoms. The van der Waals surface area contributed by atoms with E-state index in [1.54, 1.807) is 17.2 Å². The van der Waals surface area contributed by atoms with Crippen LogP contribution in [0.3, 0.4) is 0 Å². The van der Waals surface area contributed by atoms with Crippen LogP contribution in [0.1, 0.15) is 0 Å². The number of rotatable bonds is 7. The Hall–Kier alpha value is -3.24. The van der Waals surface area contributed by atoms with Crippen molar-refractivity contribution in [2.24, 2.45) is 0 Å². The molecule has 4 rings (SSSR count). The smallest absolute Gasteiger partial charge is 0.260 e. The molecule has 1 N–H and O–H groups in total. The van der Waals surface area contributed by atoms with Crippen LogP contribution < -0.4 is 10.1 Å². The highest BCUT2D eigenvalue weighted by Gasteiger charge is 2.23. The van der Waals surface area contributed by atoms with Gasteiger partial charge in [-0.1, -0.05) is 0 Å². The van der Waals surface area contributed by atoms with Crippen molar-refractivity contribution in [2.45, 2.75) is 0 Å². The fraction of sp³-hybridized carbons (Fsp3) is 0.286. The lowest BCUT2D eigenvalue weighted by atomic mass is 10.3. The van der Waals surface area contributed by atoms with Crippen LogP contribution in [0, 0.1) is 5.82 Å². The zero-order valence-corrected chi connectivity index (χ0v) is 17.4. The number of furan rings is 1. The second-order valence-corrected chi connectivity index (χ2v) is 7.82. The third-order valence-electron chi connectivity index (χ3n) is 4.79. The maximum atomic E-state index is 12.9. The Kier molecular flexibility index (Phi) is 6.58. The van der Waals surface area contributed by atoms with Crippen molar-refractivity contribution in [3.63, 3.8) is 0 Å². The van der Waals surface area contributed by atoms with Crippen LogP contribution in [0.25, 0.3) is 11.5 Å². The number of hydrogen-bond acceptors (Lipinski definition) is 7. The molecule has 1 saturated heterocycles. The molecule has 0 saturated carbocycles. The predicted molar refractivity (Wildman–Crippen MR) is 113 cm³/mol. The molecular formula is C21H21FN4O4S. The van der Waals surface area contributed by atoms with Crippen molar-refractivity contribution in [1.29, 1.82) is 0 Å². The maximum Gasteiger partial charge on any atom is 0.260 e. The SMILES string of the molecule is O=C(CN1CCN(C(=O)COc2ccc(F)cc2)CC1)Nc1nc(-c2ccco2)cs1. The average molecular weight is 444 g/mol. The van der Waals surface area contributed by atoms with Crippen LogP contribution in [0.2, 0.25) is 0 Å². The quantitative estimate of drug-likeness (QED) is 0.603. The molecule has 162 valence electrons. The van der Waals surface area contributed by atoms with Gasteiger partial charge in [-0.2, -0.15) is 0 Å². The first-order valence-electron chi connectivity index (χ1n) is 9.74. The van der Waals surface area contributed by atoms with E-state index in [0.29, 0.717) is 48.5 Å². The summed E-state index contributed by atoms with van der Waals surface area (Å²) in [5.41, 5.74) is 0.681. The number of carbonyl (C=O) groups is 2. The van der Waals surface area contributed by atoms with Gasteiger partial charge in [0.05, 0.1) is 12.8 Å². The number of nitrogens with zero attached hydrogens (tertiary/aromatic N) is 3. The average Bonchev–Trinajstić information content (AvgIpc) is 3.45. The summed E-state index contributed by atoms with van der Waals surface area (Å²) in [5, 5.41) is 5.15. The molecule has 0 unspecified atom stereocenters. The number of anilines is 1. The number of halogens is 1. The Bertz CT molecular complexity index is 1010. The molecule has 31 heavy (non-hydrogen) atoms. The molecule has 2 aromatic heterocycles. The topological polar surface area (TPSA) is 87.9 Å². The summed E-state index contributed by atoms with van der Waals surface area (Å²) in [4.78, 5) is 32.7. The molecule has 1 aromatic carbocycles. The van der Waals surface area contributed by atoms with E-state index in [-0.39, 0.29) is 30.8 Å². The van der Waals surface area contributed by atoms with E-state index in [2.05, 4.69) is 10.3 Å². The number of amides is 2. The van der Waals surface area contributed by atoms with Crippen LogP contribution in [-0.2, 0) is 9.59 Å². The van der Waals surface area contributed by atoms with Gasteiger partial charge in [-0.3, -0.25) is 14.5 Å². The molecule has 0 atom stereocenters. The first kappa shape index (κ1) is 21.0. The van der Waals surface area contributed by atoms with E-state index >= 15 is 0 Å². The fourth-order valence-corrected chi connectivity index (χ4v) is 3.87. The standard InChI is InChI=1S/C21H21FN4O4S/c22-15-3-5-16(6-4-15)30-13-20(28)26-9-7-25(8-10-26)12-19(27)24-21-23-17(14-31-21)18-2-1-11-29-18/h1-6,11,14H,7-10,12-13H2,(H,23,24,27). The Morgan fingerprint density at radius 1 is 1.16 bits per heavy atom. The van der Waals surface area contributed by atoms with Crippen LogP contribution >= 0.6 is 11.3 Å². The number of thiazole rings is 1. The Morgan fingerprint density at radius 2 is 1.94 bits per heavy atom. The highest BCUT2D eigenvalue weighted by molar-refractivity contribution is 7.14. The minimum atomic E-state index is -0.355. The molecule has 1 fully saturated rings. The van der Waals surface area contributed by atoms with E-state index < -0.39 is 0 Å². The van der Waals surface area contributed by atoms with Gasteiger partial charge in [0.25, 0.3) is 5.91 Å². The highest BCUT2D eigenvalue weighted by Crippen LogP contribution is 2.25. The van der Waals surface area contributed by atoms with E-state index in [1.165, 1.54) is 35.6 Å². The molecule has 3 aromatic rings. The summed E-state index contributed by atoms with van der Waals surface area (Å²) in [6, 6.07) is 9.14. The van der Waals surface area contributed by atoms with E-state index in [0.717, 1.165) is 0 Å². The van der Waals surface area contributed by atoms with E-state index in [4.69, 9.17) is 9.15 Å². The van der Waals surface area contributed by atoms with Gasteiger partial charge < -0.3 is 19.4 Å². The molecule has 1 aliphatic rings. The number of benzene rings is 1. The molecule has 0 aliphatic carbocycles. The minimum absolute atomic E-state index is 0.103. The summed E-state index contributed by atoms with van der Waals surface area (Å²) in [7, 11) is 0. The van der Waals surface area contributed by atoms with Crippen molar-refractivity contribution in [3.8, 4) is 17.2 Å². The molecule has 2 amide bonds. The second kappa shape index (κ2) is 9.71. The van der Waals surface area contributed by atoms with Crippen molar-refractivity contribution in [1.82, 2.24) is 14.8 Å². The number of aromatic nitrogens is 1. The fourth-order valence-electron chi connectivity index (χ4n) is 3.15. The summed E-state index contributed by atoms with van der Waals surface area (Å²) >= 11 is 1.34. The lowest BCUT2D eigenvalue weighted by Gasteiger charge is -2.34. The molecule has 8 nitrogen and oxygen atoms in total. The number of nitrogens with one attached hydrogen (secondary N) is 1. The summed E-state index contributed by atoms with van der Waals surface area (Å²) < 4.78 is 23.6. The van der Waals surface area contributed by atoms with Gasteiger partial charge in [-0.25, -0.2) is 9.37 Å². The Balaban J connectivity index is 1.18. The normalized spacial score (nSPS) is 14.4. The summed E-state index contributed by atoms with van der Waals surface area (Å²) in [6.07, 6.45) is 1.58. The highest BCUT2D eigenvalue weighted by atomic mass is 32.1.